The Balaban J connectivity index is 1.85. The summed E-state index contributed by atoms with van der Waals surface area (Å²) in [5.74, 6) is -0.688. The summed E-state index contributed by atoms with van der Waals surface area (Å²) in [5.41, 5.74) is 2.15. The minimum Gasteiger partial charge on any atom is -0.460 e. The second kappa shape index (κ2) is 10.6. The van der Waals surface area contributed by atoms with Crippen LogP contribution in [0.1, 0.15) is 42.4 Å². The summed E-state index contributed by atoms with van der Waals surface area (Å²) in [5, 5.41) is 5.64. The van der Waals surface area contributed by atoms with E-state index in [4.69, 9.17) is 13.9 Å². The molecule has 9 nitrogen and oxygen atoms in total. The van der Waals surface area contributed by atoms with Crippen molar-refractivity contribution < 1.29 is 28.3 Å². The number of amides is 3. The first kappa shape index (κ1) is 23.1. The zero-order valence-electron chi connectivity index (χ0n) is 18.3. The van der Waals surface area contributed by atoms with E-state index in [1.54, 1.807) is 48.2 Å². The maximum absolute atomic E-state index is 12.9. The van der Waals surface area contributed by atoms with Crippen LogP contribution in [0.5, 0.6) is 0 Å². The van der Waals surface area contributed by atoms with Crippen LogP contribution < -0.4 is 10.6 Å². The van der Waals surface area contributed by atoms with Crippen LogP contribution >= 0.6 is 0 Å². The number of carbonyl (C=O) groups is 3. The molecule has 1 aromatic heterocycles. The number of nitrogens with zero attached hydrogens (tertiary/aromatic N) is 1. The number of hydrogen-bond acceptors (Lipinski definition) is 6. The molecule has 9 heteroatoms. The molecule has 1 aliphatic rings. The van der Waals surface area contributed by atoms with Crippen LogP contribution in [0.2, 0.25) is 0 Å². The molecule has 0 radical (unpaired) electrons. The summed E-state index contributed by atoms with van der Waals surface area (Å²) in [4.78, 5) is 39.3. The SMILES string of the molecule is CCCN1C(=O)NC(c2ccc(NC(=O)c3ccco3)cc2)C(C(=O)OCCOC)=C1C. The quantitative estimate of drug-likeness (QED) is 0.455. The van der Waals surface area contributed by atoms with Gasteiger partial charge in [-0.05, 0) is 43.2 Å². The van der Waals surface area contributed by atoms with Crippen LogP contribution in [-0.2, 0) is 14.3 Å². The number of carbonyl (C=O) groups excluding carboxylic acids is 3. The topological polar surface area (TPSA) is 110 Å². The lowest BCUT2D eigenvalue weighted by Crippen LogP contribution is -2.48. The Morgan fingerprint density at radius 1 is 1.19 bits per heavy atom. The number of furan rings is 1. The van der Waals surface area contributed by atoms with E-state index < -0.39 is 12.0 Å². The first-order chi connectivity index (χ1) is 15.5. The minimum atomic E-state index is -0.680. The standard InChI is InChI=1S/C23H27N3O6/c1-4-11-26-15(2)19(22(28)32-14-13-30-3)20(25-23(26)29)16-7-9-17(10-8-16)24-21(27)18-6-5-12-31-18/h5-10,12,20H,4,11,13-14H2,1-3H3,(H,24,27)(H,25,29). The van der Waals surface area contributed by atoms with E-state index in [2.05, 4.69) is 10.6 Å². The molecule has 1 aromatic carbocycles. The Hall–Kier alpha value is -3.59. The zero-order chi connectivity index (χ0) is 23.1. The zero-order valence-corrected chi connectivity index (χ0v) is 18.3. The number of rotatable bonds is 9. The molecule has 0 saturated carbocycles. The Labute approximate surface area is 186 Å². The Morgan fingerprint density at radius 2 is 1.94 bits per heavy atom. The first-order valence-corrected chi connectivity index (χ1v) is 10.4. The molecule has 0 aliphatic carbocycles. The summed E-state index contributed by atoms with van der Waals surface area (Å²) in [6, 6.07) is 9.13. The minimum absolute atomic E-state index is 0.109. The van der Waals surface area contributed by atoms with Gasteiger partial charge in [-0.2, -0.15) is 0 Å². The molecule has 3 amide bonds. The monoisotopic (exact) mass is 441 g/mol. The van der Waals surface area contributed by atoms with Crippen LogP contribution in [0.4, 0.5) is 10.5 Å². The fourth-order valence-electron chi connectivity index (χ4n) is 3.44. The first-order valence-electron chi connectivity index (χ1n) is 10.4. The highest BCUT2D eigenvalue weighted by molar-refractivity contribution is 6.02. The van der Waals surface area contributed by atoms with Crippen molar-refractivity contribution in [1.82, 2.24) is 10.2 Å². The van der Waals surface area contributed by atoms with Crippen molar-refractivity contribution in [2.75, 3.05) is 32.2 Å². The predicted octanol–water partition coefficient (Wildman–Crippen LogP) is 3.47. The van der Waals surface area contributed by atoms with Gasteiger partial charge in [-0.3, -0.25) is 9.69 Å². The lowest BCUT2D eigenvalue weighted by molar-refractivity contribution is -0.140. The van der Waals surface area contributed by atoms with Gasteiger partial charge < -0.3 is 24.5 Å². The molecule has 2 N–H and O–H groups in total. The van der Waals surface area contributed by atoms with Gasteiger partial charge in [-0.1, -0.05) is 19.1 Å². The van der Waals surface area contributed by atoms with Crippen molar-refractivity contribution in [2.45, 2.75) is 26.3 Å². The van der Waals surface area contributed by atoms with E-state index in [-0.39, 0.29) is 30.9 Å². The number of anilines is 1. The van der Waals surface area contributed by atoms with Crippen molar-refractivity contribution >= 4 is 23.6 Å². The highest BCUT2D eigenvalue weighted by Gasteiger charge is 2.36. The Kier molecular flexibility index (Phi) is 7.67. The summed E-state index contributed by atoms with van der Waals surface area (Å²) in [7, 11) is 1.52. The van der Waals surface area contributed by atoms with Crippen molar-refractivity contribution in [3.63, 3.8) is 0 Å². The normalized spacial score (nSPS) is 16.0. The number of benzene rings is 1. The molecule has 1 atom stereocenters. The molecule has 170 valence electrons. The van der Waals surface area contributed by atoms with Gasteiger partial charge in [0.25, 0.3) is 5.91 Å². The van der Waals surface area contributed by atoms with Crippen LogP contribution in [0, 0.1) is 0 Å². The number of methoxy groups -OCH3 is 1. The van der Waals surface area contributed by atoms with Gasteiger partial charge in [-0.15, -0.1) is 0 Å². The number of urea groups is 1. The van der Waals surface area contributed by atoms with Gasteiger partial charge in [0, 0.05) is 25.0 Å². The smallest absolute Gasteiger partial charge is 0.338 e. The van der Waals surface area contributed by atoms with Crippen LogP contribution in [0.3, 0.4) is 0 Å². The van der Waals surface area contributed by atoms with E-state index in [9.17, 15) is 14.4 Å². The lowest BCUT2D eigenvalue weighted by Gasteiger charge is -2.35. The van der Waals surface area contributed by atoms with Crippen molar-refractivity contribution in [3.05, 3.63) is 65.3 Å². The summed E-state index contributed by atoms with van der Waals surface area (Å²) in [6.45, 7) is 4.57. The van der Waals surface area contributed by atoms with E-state index >= 15 is 0 Å². The number of ether oxygens (including phenoxy) is 2. The van der Waals surface area contributed by atoms with E-state index in [0.29, 0.717) is 29.1 Å². The fraction of sp³-hybridized carbons (Fsp3) is 0.348. The number of allylic oxidation sites excluding steroid dienone is 1. The summed E-state index contributed by atoms with van der Waals surface area (Å²) >= 11 is 0. The van der Waals surface area contributed by atoms with Gasteiger partial charge in [-0.25, -0.2) is 9.59 Å². The van der Waals surface area contributed by atoms with Gasteiger partial charge in [0.1, 0.15) is 6.61 Å². The number of esters is 1. The third-order valence-electron chi connectivity index (χ3n) is 5.03. The average Bonchev–Trinajstić information content (AvgIpc) is 3.32. The molecule has 1 aliphatic heterocycles. The van der Waals surface area contributed by atoms with Gasteiger partial charge in [0.15, 0.2) is 5.76 Å². The molecule has 32 heavy (non-hydrogen) atoms. The molecule has 2 heterocycles. The Morgan fingerprint density at radius 3 is 2.56 bits per heavy atom. The number of hydrogen-bond donors (Lipinski definition) is 2. The molecule has 3 rings (SSSR count). The second-order valence-corrected chi connectivity index (χ2v) is 7.22. The molecule has 0 fully saturated rings. The summed E-state index contributed by atoms with van der Waals surface area (Å²) < 4.78 is 15.4. The van der Waals surface area contributed by atoms with E-state index in [1.807, 2.05) is 6.92 Å². The third-order valence-corrected chi connectivity index (χ3v) is 5.03. The van der Waals surface area contributed by atoms with Crippen LogP contribution in [0.15, 0.2) is 58.3 Å². The second-order valence-electron chi connectivity index (χ2n) is 7.22. The molecule has 0 bridgehead atoms. The van der Waals surface area contributed by atoms with Gasteiger partial charge >= 0.3 is 12.0 Å². The highest BCUT2D eigenvalue weighted by atomic mass is 16.6. The number of nitrogens with one attached hydrogen (secondary N) is 2. The van der Waals surface area contributed by atoms with Crippen molar-refractivity contribution in [3.8, 4) is 0 Å². The van der Waals surface area contributed by atoms with E-state index in [1.165, 1.54) is 13.4 Å². The molecule has 1 unspecified atom stereocenters. The van der Waals surface area contributed by atoms with Crippen molar-refractivity contribution in [2.24, 2.45) is 0 Å². The average molecular weight is 441 g/mol. The Bertz CT molecular complexity index is 982. The highest BCUT2D eigenvalue weighted by Crippen LogP contribution is 2.32. The summed E-state index contributed by atoms with van der Waals surface area (Å²) in [6.07, 6.45) is 2.17. The molecule has 0 saturated heterocycles. The van der Waals surface area contributed by atoms with Crippen LogP contribution in [-0.4, -0.2) is 49.7 Å². The lowest BCUT2D eigenvalue weighted by atomic mass is 9.94. The maximum Gasteiger partial charge on any atom is 0.338 e. The molecule has 0 spiro atoms. The molecule has 2 aromatic rings. The third kappa shape index (κ3) is 5.17. The predicted molar refractivity (Wildman–Crippen MR) is 117 cm³/mol. The van der Waals surface area contributed by atoms with E-state index in [0.717, 1.165) is 6.42 Å². The largest absolute Gasteiger partial charge is 0.460 e. The maximum atomic E-state index is 12.9. The van der Waals surface area contributed by atoms with Crippen molar-refractivity contribution in [1.29, 1.82) is 0 Å². The van der Waals surface area contributed by atoms with Gasteiger partial charge in [0.05, 0.1) is 24.5 Å². The fourth-order valence-corrected chi connectivity index (χ4v) is 3.44. The molecular weight excluding hydrogens is 414 g/mol. The molecular formula is C23H27N3O6. The van der Waals surface area contributed by atoms with Gasteiger partial charge in [0.2, 0.25) is 0 Å². The van der Waals surface area contributed by atoms with Crippen LogP contribution in [0.25, 0.3) is 0 Å².